The summed E-state index contributed by atoms with van der Waals surface area (Å²) in [4.78, 5) is 0. The van der Waals surface area contributed by atoms with Crippen LogP contribution in [0, 0.1) is 0 Å². The van der Waals surface area contributed by atoms with Gasteiger partial charge >= 0.3 is 0 Å². The fourth-order valence-corrected chi connectivity index (χ4v) is 2.19. The van der Waals surface area contributed by atoms with E-state index in [-0.39, 0.29) is 6.10 Å². The van der Waals surface area contributed by atoms with Crippen LogP contribution in [0.25, 0.3) is 0 Å². The molecule has 2 nitrogen and oxygen atoms in total. The molecule has 3 heteroatoms. The standard InChI is InChI=1S/C18H22ClNO/c1-3-14(2)21-17-10-8-15(9-11-17)12-20-13-16-6-4-5-7-18(16)19/h4-11,14,20H,3,12-13H2,1-2H3. The van der Waals surface area contributed by atoms with Crippen molar-refractivity contribution in [3.8, 4) is 5.75 Å². The van der Waals surface area contributed by atoms with E-state index >= 15 is 0 Å². The number of nitrogens with one attached hydrogen (secondary N) is 1. The molecule has 0 spiro atoms. The Morgan fingerprint density at radius 3 is 2.43 bits per heavy atom. The highest BCUT2D eigenvalue weighted by Crippen LogP contribution is 2.16. The van der Waals surface area contributed by atoms with Crippen LogP contribution >= 0.6 is 11.6 Å². The van der Waals surface area contributed by atoms with Crippen LogP contribution in [0.3, 0.4) is 0 Å². The van der Waals surface area contributed by atoms with Gasteiger partial charge in [0, 0.05) is 18.1 Å². The average Bonchev–Trinajstić information content (AvgIpc) is 2.51. The van der Waals surface area contributed by atoms with Crippen molar-refractivity contribution in [2.75, 3.05) is 0 Å². The number of rotatable bonds is 7. The topological polar surface area (TPSA) is 21.3 Å². The molecular weight excluding hydrogens is 282 g/mol. The Bertz CT molecular complexity index is 553. The van der Waals surface area contributed by atoms with Crippen molar-refractivity contribution in [2.45, 2.75) is 39.5 Å². The molecule has 0 aliphatic rings. The molecule has 0 fully saturated rings. The number of halogens is 1. The highest BCUT2D eigenvalue weighted by molar-refractivity contribution is 6.31. The summed E-state index contributed by atoms with van der Waals surface area (Å²) in [5.74, 6) is 0.930. The molecule has 0 radical (unpaired) electrons. The summed E-state index contributed by atoms with van der Waals surface area (Å²) in [6, 6.07) is 16.1. The van der Waals surface area contributed by atoms with E-state index < -0.39 is 0 Å². The van der Waals surface area contributed by atoms with E-state index in [9.17, 15) is 0 Å². The Balaban J connectivity index is 1.82. The van der Waals surface area contributed by atoms with E-state index in [2.05, 4.69) is 31.3 Å². The zero-order valence-corrected chi connectivity index (χ0v) is 13.4. The second-order valence-corrected chi connectivity index (χ2v) is 5.58. The Hall–Kier alpha value is -1.51. The maximum atomic E-state index is 6.13. The summed E-state index contributed by atoms with van der Waals surface area (Å²) >= 11 is 6.13. The first-order valence-electron chi connectivity index (χ1n) is 7.38. The van der Waals surface area contributed by atoms with Gasteiger partial charge in [0.05, 0.1) is 6.10 Å². The molecule has 0 aromatic heterocycles. The lowest BCUT2D eigenvalue weighted by Crippen LogP contribution is -2.13. The van der Waals surface area contributed by atoms with Gasteiger partial charge in [-0.05, 0) is 42.7 Å². The third-order valence-electron chi connectivity index (χ3n) is 3.44. The lowest BCUT2D eigenvalue weighted by atomic mass is 10.2. The Kier molecular flexibility index (Phi) is 6.09. The number of hydrogen-bond donors (Lipinski definition) is 1. The Morgan fingerprint density at radius 2 is 1.76 bits per heavy atom. The SMILES string of the molecule is CCC(C)Oc1ccc(CNCc2ccccc2Cl)cc1. The van der Waals surface area contributed by atoms with Crippen molar-refractivity contribution < 1.29 is 4.74 Å². The van der Waals surface area contributed by atoms with Crippen molar-refractivity contribution in [3.63, 3.8) is 0 Å². The van der Waals surface area contributed by atoms with Gasteiger partial charge in [0.25, 0.3) is 0 Å². The van der Waals surface area contributed by atoms with Gasteiger partial charge in [-0.25, -0.2) is 0 Å². The zero-order valence-electron chi connectivity index (χ0n) is 12.6. The second-order valence-electron chi connectivity index (χ2n) is 5.18. The van der Waals surface area contributed by atoms with Crippen molar-refractivity contribution in [3.05, 3.63) is 64.7 Å². The van der Waals surface area contributed by atoms with Gasteiger partial charge in [-0.3, -0.25) is 0 Å². The van der Waals surface area contributed by atoms with Crippen molar-refractivity contribution in [1.82, 2.24) is 5.32 Å². The first kappa shape index (κ1) is 15.9. The largest absolute Gasteiger partial charge is 0.491 e. The van der Waals surface area contributed by atoms with Crippen LogP contribution in [-0.2, 0) is 13.1 Å². The molecule has 1 atom stereocenters. The molecule has 1 unspecified atom stereocenters. The van der Waals surface area contributed by atoms with E-state index in [1.807, 2.05) is 36.4 Å². The van der Waals surface area contributed by atoms with Crippen LogP contribution in [0.5, 0.6) is 5.75 Å². The average molecular weight is 304 g/mol. The predicted octanol–water partition coefficient (Wildman–Crippen LogP) is 4.81. The monoisotopic (exact) mass is 303 g/mol. The van der Waals surface area contributed by atoms with Gasteiger partial charge in [-0.2, -0.15) is 0 Å². The maximum absolute atomic E-state index is 6.13. The molecule has 0 amide bonds. The first-order chi connectivity index (χ1) is 10.2. The lowest BCUT2D eigenvalue weighted by Gasteiger charge is -2.13. The van der Waals surface area contributed by atoms with E-state index in [1.165, 1.54) is 5.56 Å². The van der Waals surface area contributed by atoms with Gasteiger partial charge in [0.1, 0.15) is 5.75 Å². The fourth-order valence-electron chi connectivity index (χ4n) is 1.98. The number of benzene rings is 2. The van der Waals surface area contributed by atoms with Gasteiger partial charge in [0.2, 0.25) is 0 Å². The highest BCUT2D eigenvalue weighted by atomic mass is 35.5. The van der Waals surface area contributed by atoms with Gasteiger partial charge in [-0.1, -0.05) is 48.9 Å². The molecule has 21 heavy (non-hydrogen) atoms. The normalized spacial score (nSPS) is 12.1. The van der Waals surface area contributed by atoms with Crippen LogP contribution in [0.1, 0.15) is 31.4 Å². The highest BCUT2D eigenvalue weighted by Gasteiger charge is 2.02. The molecular formula is C18H22ClNO. The Labute approximate surface area is 132 Å². The molecule has 2 aromatic rings. The minimum Gasteiger partial charge on any atom is -0.491 e. The molecule has 0 bridgehead atoms. The summed E-state index contributed by atoms with van der Waals surface area (Å²) in [5, 5.41) is 4.21. The van der Waals surface area contributed by atoms with Crippen molar-refractivity contribution in [2.24, 2.45) is 0 Å². The van der Waals surface area contributed by atoms with Crippen LogP contribution < -0.4 is 10.1 Å². The minimum absolute atomic E-state index is 0.259. The summed E-state index contributed by atoms with van der Waals surface area (Å²) in [7, 11) is 0. The maximum Gasteiger partial charge on any atom is 0.119 e. The molecule has 1 N–H and O–H groups in total. The van der Waals surface area contributed by atoms with Crippen LogP contribution in [0.15, 0.2) is 48.5 Å². The van der Waals surface area contributed by atoms with E-state index in [1.54, 1.807) is 0 Å². The zero-order chi connectivity index (χ0) is 15.1. The number of hydrogen-bond acceptors (Lipinski definition) is 2. The summed E-state index contributed by atoms with van der Waals surface area (Å²) in [6.07, 6.45) is 1.27. The molecule has 2 aromatic carbocycles. The second kappa shape index (κ2) is 8.06. The molecule has 0 aliphatic heterocycles. The smallest absolute Gasteiger partial charge is 0.119 e. The first-order valence-corrected chi connectivity index (χ1v) is 7.76. The van der Waals surface area contributed by atoms with Crippen LogP contribution in [0.4, 0.5) is 0 Å². The molecule has 2 rings (SSSR count). The predicted molar refractivity (Wildman–Crippen MR) is 88.8 cm³/mol. The third kappa shape index (κ3) is 5.07. The van der Waals surface area contributed by atoms with E-state index in [4.69, 9.17) is 16.3 Å². The lowest BCUT2D eigenvalue weighted by molar-refractivity contribution is 0.217. The molecule has 0 aliphatic carbocycles. The molecule has 0 saturated carbocycles. The van der Waals surface area contributed by atoms with Crippen LogP contribution in [0.2, 0.25) is 5.02 Å². The molecule has 0 heterocycles. The van der Waals surface area contributed by atoms with Gasteiger partial charge in [0.15, 0.2) is 0 Å². The minimum atomic E-state index is 0.259. The summed E-state index contributed by atoms with van der Waals surface area (Å²) in [5.41, 5.74) is 2.36. The fraction of sp³-hybridized carbons (Fsp3) is 0.333. The number of ether oxygens (including phenoxy) is 1. The third-order valence-corrected chi connectivity index (χ3v) is 3.81. The summed E-state index contributed by atoms with van der Waals surface area (Å²) in [6.45, 7) is 5.79. The van der Waals surface area contributed by atoms with Crippen molar-refractivity contribution >= 4 is 11.6 Å². The van der Waals surface area contributed by atoms with Crippen molar-refractivity contribution in [1.29, 1.82) is 0 Å². The Morgan fingerprint density at radius 1 is 1.05 bits per heavy atom. The van der Waals surface area contributed by atoms with E-state index in [0.717, 1.165) is 35.8 Å². The molecule has 112 valence electrons. The van der Waals surface area contributed by atoms with E-state index in [0.29, 0.717) is 0 Å². The quantitative estimate of drug-likeness (QED) is 0.793. The summed E-state index contributed by atoms with van der Waals surface area (Å²) < 4.78 is 5.77. The molecule has 0 saturated heterocycles. The van der Waals surface area contributed by atoms with Gasteiger partial charge in [-0.15, -0.1) is 0 Å². The van der Waals surface area contributed by atoms with Crippen LogP contribution in [-0.4, -0.2) is 6.10 Å². The van der Waals surface area contributed by atoms with Gasteiger partial charge < -0.3 is 10.1 Å².